The number of ether oxygens (including phenoxy) is 3. The normalized spacial score (nSPS) is 10.6. The van der Waals surface area contributed by atoms with Crippen molar-refractivity contribution >= 4 is 11.3 Å². The molecule has 1 aromatic heterocycles. The minimum atomic E-state index is 0.599. The van der Waals surface area contributed by atoms with Crippen LogP contribution in [0.1, 0.15) is 0 Å². The summed E-state index contributed by atoms with van der Waals surface area (Å²) in [6.07, 6.45) is 0. The molecule has 0 aliphatic rings. The number of rotatable bonds is 6. The van der Waals surface area contributed by atoms with Crippen LogP contribution in [0.15, 0.2) is 78.9 Å². The average molecular weight is 403 g/mol. The third kappa shape index (κ3) is 3.71. The molecule has 0 unspecified atom stereocenters. The van der Waals surface area contributed by atoms with Crippen LogP contribution < -0.4 is 14.2 Å². The molecule has 0 radical (unpaired) electrons. The smallest absolute Gasteiger partial charge is 0.203 e. The van der Waals surface area contributed by atoms with Gasteiger partial charge in [-0.1, -0.05) is 60.7 Å². The summed E-state index contributed by atoms with van der Waals surface area (Å²) >= 11 is 1.76. The summed E-state index contributed by atoms with van der Waals surface area (Å²) in [5.41, 5.74) is 4.64. The van der Waals surface area contributed by atoms with Crippen molar-refractivity contribution in [3.05, 3.63) is 78.9 Å². The minimum Gasteiger partial charge on any atom is -0.493 e. The molecule has 4 aromatic rings. The van der Waals surface area contributed by atoms with Gasteiger partial charge in [0.1, 0.15) is 0 Å². The molecular weight excluding hydrogens is 380 g/mol. The van der Waals surface area contributed by atoms with E-state index < -0.39 is 0 Å². The summed E-state index contributed by atoms with van der Waals surface area (Å²) in [4.78, 5) is 2.38. The summed E-state index contributed by atoms with van der Waals surface area (Å²) in [5, 5.41) is 0. The summed E-state index contributed by atoms with van der Waals surface area (Å²) in [6, 6.07) is 27.2. The van der Waals surface area contributed by atoms with Crippen LogP contribution in [-0.2, 0) is 0 Å². The molecule has 0 bridgehead atoms. The topological polar surface area (TPSA) is 27.7 Å². The van der Waals surface area contributed by atoms with Crippen molar-refractivity contribution in [1.82, 2.24) is 0 Å². The lowest BCUT2D eigenvalue weighted by atomic mass is 10.0. The van der Waals surface area contributed by atoms with Crippen molar-refractivity contribution in [2.45, 2.75) is 0 Å². The Hall–Kier alpha value is -3.24. The molecule has 0 fully saturated rings. The van der Waals surface area contributed by atoms with Crippen LogP contribution >= 0.6 is 11.3 Å². The van der Waals surface area contributed by atoms with Gasteiger partial charge >= 0.3 is 0 Å². The van der Waals surface area contributed by atoms with Crippen LogP contribution in [0.25, 0.3) is 32.0 Å². The predicted molar refractivity (Wildman–Crippen MR) is 120 cm³/mol. The fourth-order valence-electron chi connectivity index (χ4n) is 3.39. The Morgan fingerprint density at radius 1 is 0.586 bits per heavy atom. The van der Waals surface area contributed by atoms with Crippen LogP contribution in [-0.4, -0.2) is 21.3 Å². The van der Waals surface area contributed by atoms with Gasteiger partial charge in [-0.3, -0.25) is 0 Å². The molecule has 146 valence electrons. The van der Waals surface area contributed by atoms with Gasteiger partial charge < -0.3 is 14.2 Å². The minimum absolute atomic E-state index is 0.599. The molecule has 0 amide bonds. The number of benzene rings is 3. The van der Waals surface area contributed by atoms with E-state index in [2.05, 4.69) is 54.6 Å². The summed E-state index contributed by atoms with van der Waals surface area (Å²) < 4.78 is 16.6. The largest absolute Gasteiger partial charge is 0.493 e. The van der Waals surface area contributed by atoms with Crippen molar-refractivity contribution in [3.8, 4) is 49.3 Å². The van der Waals surface area contributed by atoms with Gasteiger partial charge in [-0.2, -0.15) is 0 Å². The van der Waals surface area contributed by atoms with E-state index in [1.165, 1.54) is 21.6 Å². The van der Waals surface area contributed by atoms with Crippen LogP contribution in [0, 0.1) is 0 Å². The number of hydrogen-bond donors (Lipinski definition) is 0. The molecule has 0 atom stereocenters. The molecule has 0 saturated carbocycles. The van der Waals surface area contributed by atoms with Gasteiger partial charge in [-0.15, -0.1) is 11.3 Å². The van der Waals surface area contributed by atoms with E-state index in [1.807, 2.05) is 24.3 Å². The van der Waals surface area contributed by atoms with Crippen LogP contribution in [0.2, 0.25) is 0 Å². The van der Waals surface area contributed by atoms with E-state index in [1.54, 1.807) is 32.7 Å². The zero-order valence-corrected chi connectivity index (χ0v) is 17.5. The molecule has 3 nitrogen and oxygen atoms in total. The Kier molecular flexibility index (Phi) is 5.54. The van der Waals surface area contributed by atoms with Crippen molar-refractivity contribution < 1.29 is 14.2 Å². The number of thiophene rings is 1. The second kappa shape index (κ2) is 8.41. The Bertz CT molecular complexity index is 1020. The predicted octanol–water partition coefficient (Wildman–Crippen LogP) is 6.77. The average Bonchev–Trinajstić information content (AvgIpc) is 3.24. The van der Waals surface area contributed by atoms with Crippen molar-refractivity contribution in [2.24, 2.45) is 0 Å². The van der Waals surface area contributed by atoms with E-state index >= 15 is 0 Å². The van der Waals surface area contributed by atoms with Crippen molar-refractivity contribution in [2.75, 3.05) is 21.3 Å². The van der Waals surface area contributed by atoms with Gasteiger partial charge in [0.25, 0.3) is 0 Å². The number of hydrogen-bond acceptors (Lipinski definition) is 4. The third-order valence-electron chi connectivity index (χ3n) is 4.80. The highest BCUT2D eigenvalue weighted by Gasteiger charge is 2.18. The van der Waals surface area contributed by atoms with Gasteiger partial charge in [0.2, 0.25) is 5.75 Å². The van der Waals surface area contributed by atoms with E-state index in [9.17, 15) is 0 Å². The Balaban J connectivity index is 1.91. The van der Waals surface area contributed by atoms with Crippen molar-refractivity contribution in [3.63, 3.8) is 0 Å². The summed E-state index contributed by atoms with van der Waals surface area (Å²) in [6.45, 7) is 0. The fraction of sp³-hybridized carbons (Fsp3) is 0.120. The van der Waals surface area contributed by atoms with Gasteiger partial charge in [-0.25, -0.2) is 0 Å². The Morgan fingerprint density at radius 2 is 1.14 bits per heavy atom. The first-order valence-electron chi connectivity index (χ1n) is 9.30. The third-order valence-corrected chi connectivity index (χ3v) is 6.04. The SMILES string of the molecule is COc1cc(-c2cc(-c3ccccc3)c(-c3ccccc3)s2)cc(OC)c1OC. The lowest BCUT2D eigenvalue weighted by Gasteiger charge is -2.13. The zero-order valence-electron chi connectivity index (χ0n) is 16.6. The first-order chi connectivity index (χ1) is 14.2. The van der Waals surface area contributed by atoms with E-state index in [4.69, 9.17) is 14.2 Å². The Morgan fingerprint density at radius 3 is 1.66 bits per heavy atom. The molecule has 1 heterocycles. The van der Waals surface area contributed by atoms with Gasteiger partial charge in [0.15, 0.2) is 11.5 Å². The highest BCUT2D eigenvalue weighted by Crippen LogP contribution is 2.47. The molecule has 4 rings (SSSR count). The maximum atomic E-state index is 5.55. The lowest BCUT2D eigenvalue weighted by Crippen LogP contribution is -1.95. The van der Waals surface area contributed by atoms with Crippen LogP contribution in [0.4, 0.5) is 0 Å². The highest BCUT2D eigenvalue weighted by molar-refractivity contribution is 7.19. The van der Waals surface area contributed by atoms with Crippen molar-refractivity contribution in [1.29, 1.82) is 0 Å². The molecule has 0 spiro atoms. The monoisotopic (exact) mass is 402 g/mol. The van der Waals surface area contributed by atoms with E-state index in [0.717, 1.165) is 10.4 Å². The van der Waals surface area contributed by atoms with Crippen LogP contribution in [0.5, 0.6) is 17.2 Å². The molecular formula is C25H22O3S. The second-order valence-electron chi connectivity index (χ2n) is 6.50. The first kappa shape index (κ1) is 19.1. The van der Waals surface area contributed by atoms with Gasteiger partial charge in [0.05, 0.1) is 21.3 Å². The van der Waals surface area contributed by atoms with Crippen LogP contribution in [0.3, 0.4) is 0 Å². The maximum Gasteiger partial charge on any atom is 0.203 e. The molecule has 4 heteroatoms. The standard InChI is InChI=1S/C25H22O3S/c1-26-21-14-19(15-22(27-2)24(21)28-3)23-16-20(17-10-6-4-7-11-17)25(29-23)18-12-8-5-9-13-18/h4-16H,1-3H3. The van der Waals surface area contributed by atoms with E-state index in [0.29, 0.717) is 17.2 Å². The zero-order chi connectivity index (χ0) is 20.2. The first-order valence-corrected chi connectivity index (χ1v) is 10.1. The molecule has 29 heavy (non-hydrogen) atoms. The fourth-order valence-corrected chi connectivity index (χ4v) is 4.57. The van der Waals surface area contributed by atoms with E-state index in [-0.39, 0.29) is 0 Å². The number of methoxy groups -OCH3 is 3. The quantitative estimate of drug-likeness (QED) is 0.356. The van der Waals surface area contributed by atoms with Gasteiger partial charge in [-0.05, 0) is 34.9 Å². The lowest BCUT2D eigenvalue weighted by molar-refractivity contribution is 0.324. The maximum absolute atomic E-state index is 5.55. The summed E-state index contributed by atoms with van der Waals surface area (Å²) in [7, 11) is 4.90. The summed E-state index contributed by atoms with van der Waals surface area (Å²) in [5.74, 6) is 1.90. The van der Waals surface area contributed by atoms with Gasteiger partial charge in [0, 0.05) is 15.3 Å². The molecule has 0 aliphatic carbocycles. The molecule has 0 aliphatic heterocycles. The molecule has 0 saturated heterocycles. The highest BCUT2D eigenvalue weighted by atomic mass is 32.1. The second-order valence-corrected chi connectivity index (χ2v) is 7.55. The molecule has 3 aromatic carbocycles. The molecule has 0 N–H and O–H groups in total. The Labute approximate surface area is 175 Å².